The van der Waals surface area contributed by atoms with Gasteiger partial charge in [-0.2, -0.15) is 0 Å². The molecule has 0 aliphatic rings. The third-order valence-corrected chi connectivity index (χ3v) is 6.34. The molecule has 0 aliphatic carbocycles. The molecule has 0 fully saturated rings. The summed E-state index contributed by atoms with van der Waals surface area (Å²) in [5.41, 5.74) is 3.55. The number of hydrogen-bond donors (Lipinski definition) is 3. The van der Waals surface area contributed by atoms with Crippen molar-refractivity contribution in [2.24, 2.45) is 0 Å². The van der Waals surface area contributed by atoms with E-state index in [0.29, 0.717) is 0 Å². The van der Waals surface area contributed by atoms with Crippen LogP contribution >= 0.6 is 0 Å². The van der Waals surface area contributed by atoms with Crippen molar-refractivity contribution in [1.29, 1.82) is 0 Å². The van der Waals surface area contributed by atoms with Crippen LogP contribution in [0.5, 0.6) is 17.2 Å². The Morgan fingerprint density at radius 1 is 0.469 bits per heavy atom. The number of rotatable bonds is 6. The summed E-state index contributed by atoms with van der Waals surface area (Å²) in [5.74, 6) is 0.689. The van der Waals surface area contributed by atoms with Crippen molar-refractivity contribution in [1.82, 2.24) is 0 Å². The van der Waals surface area contributed by atoms with Crippen LogP contribution in [-0.2, 0) is 10.8 Å². The molecule has 0 saturated carbocycles. The van der Waals surface area contributed by atoms with E-state index in [-0.39, 0.29) is 22.7 Å². The summed E-state index contributed by atoms with van der Waals surface area (Å²) in [6, 6.07) is 32.5. The first-order valence-corrected chi connectivity index (χ1v) is 10.8. The predicted molar refractivity (Wildman–Crippen MR) is 128 cm³/mol. The fourth-order valence-corrected chi connectivity index (χ4v) is 4.70. The lowest BCUT2D eigenvalue weighted by Crippen LogP contribution is -2.37. The molecule has 4 aromatic rings. The fraction of sp³-hybridized carbons (Fsp3) is 0.172. The van der Waals surface area contributed by atoms with Crippen molar-refractivity contribution in [2.45, 2.75) is 31.1 Å². The van der Waals surface area contributed by atoms with Crippen LogP contribution < -0.4 is 0 Å². The summed E-state index contributed by atoms with van der Waals surface area (Å²) in [5, 5.41) is 29.8. The topological polar surface area (TPSA) is 60.7 Å². The van der Waals surface area contributed by atoms with Crippen LogP contribution in [0, 0.1) is 0 Å². The molecule has 3 heteroatoms. The van der Waals surface area contributed by atoms with Gasteiger partial charge in [0.05, 0.1) is 0 Å². The summed E-state index contributed by atoms with van der Waals surface area (Å²) in [6.07, 6.45) is 0.727. The molecular weight excluding hydrogens is 396 g/mol. The maximum absolute atomic E-state index is 9.98. The van der Waals surface area contributed by atoms with Gasteiger partial charge in [0.1, 0.15) is 17.2 Å². The first-order chi connectivity index (χ1) is 15.3. The molecule has 3 nitrogen and oxygen atoms in total. The van der Waals surface area contributed by atoms with Crippen molar-refractivity contribution in [3.8, 4) is 17.2 Å². The smallest absolute Gasteiger partial charge is 0.115 e. The molecule has 0 radical (unpaired) electrons. The molecule has 0 heterocycles. The number of aromatic hydroxyl groups is 3. The number of phenols is 3. The maximum Gasteiger partial charge on any atom is 0.115 e. The number of benzene rings is 4. The third kappa shape index (κ3) is 4.06. The summed E-state index contributed by atoms with van der Waals surface area (Å²) in [6.45, 7) is 4.41. The lowest BCUT2D eigenvalue weighted by Gasteiger charge is -2.42. The molecule has 0 unspecified atom stereocenters. The molecular formula is C29H28O3. The molecule has 162 valence electrons. The number of phenolic OH excluding ortho intramolecular Hbond substituents is 3. The van der Waals surface area contributed by atoms with Crippen molar-refractivity contribution in [3.05, 3.63) is 125 Å². The Morgan fingerprint density at radius 2 is 0.812 bits per heavy atom. The first kappa shape index (κ1) is 21.5. The van der Waals surface area contributed by atoms with Gasteiger partial charge >= 0.3 is 0 Å². The van der Waals surface area contributed by atoms with Crippen molar-refractivity contribution >= 4 is 0 Å². The van der Waals surface area contributed by atoms with E-state index < -0.39 is 5.41 Å². The SMILES string of the molecule is CC(C)(CC(c1ccccc1)(c1ccc(O)cc1)c1ccc(O)cc1)c1ccc(O)cc1. The molecule has 0 saturated heterocycles. The molecule has 32 heavy (non-hydrogen) atoms. The second-order valence-corrected chi connectivity index (χ2v) is 8.97. The first-order valence-electron chi connectivity index (χ1n) is 10.8. The van der Waals surface area contributed by atoms with Crippen molar-refractivity contribution in [3.63, 3.8) is 0 Å². The second kappa shape index (κ2) is 8.43. The monoisotopic (exact) mass is 424 g/mol. The van der Waals surface area contributed by atoms with Crippen LogP contribution in [0.2, 0.25) is 0 Å². The van der Waals surface area contributed by atoms with E-state index in [1.165, 1.54) is 0 Å². The van der Waals surface area contributed by atoms with E-state index in [1.807, 2.05) is 54.6 Å². The van der Waals surface area contributed by atoms with E-state index in [1.54, 1.807) is 36.4 Å². The largest absolute Gasteiger partial charge is 0.508 e. The minimum Gasteiger partial charge on any atom is -0.508 e. The molecule has 0 bridgehead atoms. The van der Waals surface area contributed by atoms with Crippen molar-refractivity contribution in [2.75, 3.05) is 0 Å². The van der Waals surface area contributed by atoms with Crippen LogP contribution in [0.15, 0.2) is 103 Å². The zero-order valence-electron chi connectivity index (χ0n) is 18.4. The molecule has 0 spiro atoms. The van der Waals surface area contributed by atoms with Gasteiger partial charge in [-0.15, -0.1) is 0 Å². The minimum absolute atomic E-state index is 0.221. The maximum atomic E-state index is 9.98. The van der Waals surface area contributed by atoms with Crippen molar-refractivity contribution < 1.29 is 15.3 Å². The molecule has 4 rings (SSSR count). The summed E-state index contributed by atoms with van der Waals surface area (Å²) >= 11 is 0. The average molecular weight is 425 g/mol. The van der Waals surface area contributed by atoms with Crippen LogP contribution in [-0.4, -0.2) is 15.3 Å². The Kier molecular flexibility index (Phi) is 5.67. The molecule has 0 aliphatic heterocycles. The lowest BCUT2D eigenvalue weighted by atomic mass is 9.60. The standard InChI is InChI=1S/C29H28O3/c1-28(2,21-8-14-25(30)15-9-21)20-29(22-6-4-3-5-7-22,23-10-16-26(31)17-11-23)24-12-18-27(32)19-13-24/h3-19,30-32H,20H2,1-2H3. The van der Waals surface area contributed by atoms with Crippen LogP contribution in [0.1, 0.15) is 42.5 Å². The van der Waals surface area contributed by atoms with Gasteiger partial charge in [0.2, 0.25) is 0 Å². The highest BCUT2D eigenvalue weighted by atomic mass is 16.3. The zero-order valence-corrected chi connectivity index (χ0v) is 18.4. The van der Waals surface area contributed by atoms with E-state index in [4.69, 9.17) is 0 Å². The molecule has 0 amide bonds. The highest BCUT2D eigenvalue weighted by Crippen LogP contribution is 2.48. The quantitative estimate of drug-likeness (QED) is 0.309. The van der Waals surface area contributed by atoms with Gasteiger partial charge in [-0.05, 0) is 70.5 Å². The summed E-state index contributed by atoms with van der Waals surface area (Å²) in [4.78, 5) is 0. The predicted octanol–water partition coefficient (Wildman–Crippen LogP) is 6.51. The van der Waals surface area contributed by atoms with Gasteiger partial charge in [0.15, 0.2) is 0 Å². The van der Waals surface area contributed by atoms with Crippen LogP contribution in [0.25, 0.3) is 0 Å². The van der Waals surface area contributed by atoms with Gasteiger partial charge in [-0.25, -0.2) is 0 Å². The fourth-order valence-electron chi connectivity index (χ4n) is 4.70. The Balaban J connectivity index is 1.98. The lowest BCUT2D eigenvalue weighted by molar-refractivity contribution is 0.387. The van der Waals surface area contributed by atoms with Gasteiger partial charge < -0.3 is 15.3 Å². The van der Waals surface area contributed by atoms with Gasteiger partial charge in [-0.1, -0.05) is 80.6 Å². The Hall–Kier alpha value is -3.72. The van der Waals surface area contributed by atoms with E-state index >= 15 is 0 Å². The Labute approximate surface area is 189 Å². The highest BCUT2D eigenvalue weighted by Gasteiger charge is 2.41. The Morgan fingerprint density at radius 3 is 1.22 bits per heavy atom. The van der Waals surface area contributed by atoms with E-state index in [0.717, 1.165) is 28.7 Å². The Bertz CT molecular complexity index is 1110. The van der Waals surface area contributed by atoms with E-state index in [9.17, 15) is 15.3 Å². The summed E-state index contributed by atoms with van der Waals surface area (Å²) in [7, 11) is 0. The van der Waals surface area contributed by atoms with E-state index in [2.05, 4.69) is 26.0 Å². The van der Waals surface area contributed by atoms with Crippen LogP contribution in [0.3, 0.4) is 0 Å². The number of hydrogen-bond acceptors (Lipinski definition) is 3. The van der Waals surface area contributed by atoms with Gasteiger partial charge in [0, 0.05) is 5.41 Å². The molecule has 0 atom stereocenters. The average Bonchev–Trinajstić information content (AvgIpc) is 2.79. The normalized spacial score (nSPS) is 11.9. The van der Waals surface area contributed by atoms with Gasteiger partial charge in [-0.3, -0.25) is 0 Å². The second-order valence-electron chi connectivity index (χ2n) is 8.97. The third-order valence-electron chi connectivity index (χ3n) is 6.34. The zero-order chi connectivity index (χ0) is 22.8. The molecule has 3 N–H and O–H groups in total. The van der Waals surface area contributed by atoms with Crippen LogP contribution in [0.4, 0.5) is 0 Å². The minimum atomic E-state index is -0.538. The summed E-state index contributed by atoms with van der Waals surface area (Å²) < 4.78 is 0. The molecule has 0 aromatic heterocycles. The van der Waals surface area contributed by atoms with Gasteiger partial charge in [0.25, 0.3) is 0 Å². The highest BCUT2D eigenvalue weighted by molar-refractivity contribution is 5.53. The molecule has 4 aromatic carbocycles.